The first-order valence-corrected chi connectivity index (χ1v) is 7.58. The maximum Gasteiger partial charge on any atom is 0.307 e. The van der Waals surface area contributed by atoms with Crippen LogP contribution in [0.15, 0.2) is 28.8 Å². The normalized spacial score (nSPS) is 18.7. The Balaban J connectivity index is 1.68. The van der Waals surface area contributed by atoms with Crippen molar-refractivity contribution >= 4 is 5.97 Å². The van der Waals surface area contributed by atoms with Gasteiger partial charge < -0.3 is 14.4 Å². The molecule has 1 aromatic carbocycles. The number of hydrogen-bond donors (Lipinski definition) is 1. The fourth-order valence-electron chi connectivity index (χ4n) is 2.79. The third kappa shape index (κ3) is 3.68. The Kier molecular flexibility index (Phi) is 4.57. The molecule has 0 bridgehead atoms. The van der Waals surface area contributed by atoms with Gasteiger partial charge in [0.15, 0.2) is 0 Å². The van der Waals surface area contributed by atoms with Crippen molar-refractivity contribution in [3.8, 4) is 17.1 Å². The zero-order valence-corrected chi connectivity index (χ0v) is 12.9. The largest absolute Gasteiger partial charge is 0.497 e. The summed E-state index contributed by atoms with van der Waals surface area (Å²) in [5, 5.41) is 13.1. The molecule has 3 rings (SSSR count). The summed E-state index contributed by atoms with van der Waals surface area (Å²) in [6, 6.07) is 7.45. The third-order valence-electron chi connectivity index (χ3n) is 4.01. The SMILES string of the molecule is COc1cccc(-c2noc(CN3CCCC(C(=O)O)C3)n2)c1. The van der Waals surface area contributed by atoms with Crippen molar-refractivity contribution < 1.29 is 19.2 Å². The number of ether oxygens (including phenoxy) is 1. The van der Waals surface area contributed by atoms with Crippen LogP contribution in [0.25, 0.3) is 11.4 Å². The van der Waals surface area contributed by atoms with Gasteiger partial charge in [-0.15, -0.1) is 0 Å². The van der Waals surface area contributed by atoms with Crippen molar-refractivity contribution in [2.45, 2.75) is 19.4 Å². The summed E-state index contributed by atoms with van der Waals surface area (Å²) in [4.78, 5) is 17.6. The number of piperidine rings is 1. The molecule has 7 heteroatoms. The van der Waals surface area contributed by atoms with Crippen molar-refractivity contribution in [3.05, 3.63) is 30.2 Å². The van der Waals surface area contributed by atoms with Crippen LogP contribution in [0.5, 0.6) is 5.75 Å². The minimum Gasteiger partial charge on any atom is -0.497 e. The summed E-state index contributed by atoms with van der Waals surface area (Å²) in [6.45, 7) is 1.84. The standard InChI is InChI=1S/C16H19N3O4/c1-22-13-6-2-4-11(8-13)15-17-14(23-18-15)10-19-7-3-5-12(9-19)16(20)21/h2,4,6,8,12H,3,5,7,9-10H2,1H3,(H,20,21). The molecule has 2 heterocycles. The van der Waals surface area contributed by atoms with Gasteiger partial charge in [-0.3, -0.25) is 9.69 Å². The number of methoxy groups -OCH3 is 1. The molecule has 0 amide bonds. The lowest BCUT2D eigenvalue weighted by molar-refractivity contribution is -0.143. The highest BCUT2D eigenvalue weighted by Gasteiger charge is 2.26. The van der Waals surface area contributed by atoms with E-state index in [1.165, 1.54) is 0 Å². The maximum atomic E-state index is 11.1. The number of carboxylic acid groups (broad SMARTS) is 1. The fraction of sp³-hybridized carbons (Fsp3) is 0.438. The lowest BCUT2D eigenvalue weighted by Gasteiger charge is -2.29. The molecule has 0 radical (unpaired) electrons. The van der Waals surface area contributed by atoms with Crippen LogP contribution in [0.4, 0.5) is 0 Å². The number of carboxylic acids is 1. The van der Waals surface area contributed by atoms with Crippen molar-refractivity contribution in [1.82, 2.24) is 15.0 Å². The summed E-state index contributed by atoms with van der Waals surface area (Å²) < 4.78 is 10.5. The second kappa shape index (κ2) is 6.78. The van der Waals surface area contributed by atoms with Gasteiger partial charge in [-0.25, -0.2) is 0 Å². The van der Waals surface area contributed by atoms with E-state index >= 15 is 0 Å². The maximum absolute atomic E-state index is 11.1. The van der Waals surface area contributed by atoms with Crippen LogP contribution in [0.3, 0.4) is 0 Å². The van der Waals surface area contributed by atoms with Crippen LogP contribution in [0.1, 0.15) is 18.7 Å². The van der Waals surface area contributed by atoms with Crippen molar-refractivity contribution in [1.29, 1.82) is 0 Å². The van der Waals surface area contributed by atoms with Gasteiger partial charge >= 0.3 is 5.97 Å². The van der Waals surface area contributed by atoms with Crippen molar-refractivity contribution in [3.63, 3.8) is 0 Å². The molecular weight excluding hydrogens is 298 g/mol. The molecule has 0 saturated carbocycles. The quantitative estimate of drug-likeness (QED) is 0.902. The van der Waals surface area contributed by atoms with E-state index in [-0.39, 0.29) is 5.92 Å². The highest BCUT2D eigenvalue weighted by molar-refractivity contribution is 5.70. The minimum absolute atomic E-state index is 0.315. The Bertz CT molecular complexity index is 685. The number of carbonyl (C=O) groups is 1. The number of aliphatic carboxylic acids is 1. The Labute approximate surface area is 133 Å². The predicted molar refractivity (Wildman–Crippen MR) is 81.9 cm³/mol. The molecule has 1 unspecified atom stereocenters. The second-order valence-corrected chi connectivity index (χ2v) is 5.66. The summed E-state index contributed by atoms with van der Waals surface area (Å²) in [5.74, 6) is 0.676. The minimum atomic E-state index is -0.739. The van der Waals surface area contributed by atoms with Gasteiger partial charge in [-0.1, -0.05) is 17.3 Å². The lowest BCUT2D eigenvalue weighted by Crippen LogP contribution is -2.38. The first-order chi connectivity index (χ1) is 11.2. The van der Waals surface area contributed by atoms with Crippen LogP contribution in [-0.2, 0) is 11.3 Å². The van der Waals surface area contributed by atoms with Gasteiger partial charge in [0, 0.05) is 12.1 Å². The molecule has 1 aliphatic heterocycles. The Morgan fingerprint density at radius 2 is 2.39 bits per heavy atom. The van der Waals surface area contributed by atoms with Crippen LogP contribution in [0, 0.1) is 5.92 Å². The molecule has 1 N–H and O–H groups in total. The average Bonchev–Trinajstić information content (AvgIpc) is 3.03. The first-order valence-electron chi connectivity index (χ1n) is 7.58. The topological polar surface area (TPSA) is 88.7 Å². The summed E-state index contributed by atoms with van der Waals surface area (Å²) in [5.41, 5.74) is 0.821. The van der Waals surface area contributed by atoms with Crippen LogP contribution >= 0.6 is 0 Å². The number of aromatic nitrogens is 2. The zero-order chi connectivity index (χ0) is 16.2. The van der Waals surface area contributed by atoms with Gasteiger partial charge in [0.05, 0.1) is 19.6 Å². The number of benzene rings is 1. The van der Waals surface area contributed by atoms with E-state index in [0.717, 1.165) is 30.7 Å². The van der Waals surface area contributed by atoms with E-state index in [9.17, 15) is 4.79 Å². The Hall–Kier alpha value is -2.41. The smallest absolute Gasteiger partial charge is 0.307 e. The predicted octanol–water partition coefficient (Wildman–Crippen LogP) is 2.04. The van der Waals surface area contributed by atoms with Gasteiger partial charge in [0.25, 0.3) is 0 Å². The third-order valence-corrected chi connectivity index (χ3v) is 4.01. The lowest BCUT2D eigenvalue weighted by atomic mass is 9.98. The monoisotopic (exact) mass is 317 g/mol. The molecule has 1 aromatic heterocycles. The zero-order valence-electron chi connectivity index (χ0n) is 12.9. The molecule has 1 fully saturated rings. The van der Waals surface area contributed by atoms with Gasteiger partial charge in [-0.2, -0.15) is 4.98 Å². The molecule has 7 nitrogen and oxygen atoms in total. The van der Waals surface area contributed by atoms with E-state index < -0.39 is 5.97 Å². The molecule has 0 spiro atoms. The summed E-state index contributed by atoms with van der Waals surface area (Å²) >= 11 is 0. The molecule has 122 valence electrons. The van der Waals surface area contributed by atoms with E-state index in [1.54, 1.807) is 7.11 Å². The number of likely N-dealkylation sites (tertiary alicyclic amines) is 1. The molecule has 0 aliphatic carbocycles. The molecular formula is C16H19N3O4. The fourth-order valence-corrected chi connectivity index (χ4v) is 2.79. The van der Waals surface area contributed by atoms with Crippen molar-refractivity contribution in [2.24, 2.45) is 5.92 Å². The molecule has 23 heavy (non-hydrogen) atoms. The highest BCUT2D eigenvalue weighted by atomic mass is 16.5. The van der Waals surface area contributed by atoms with Crippen LogP contribution in [-0.4, -0.2) is 46.3 Å². The Morgan fingerprint density at radius 3 is 3.17 bits per heavy atom. The van der Waals surface area contributed by atoms with E-state index in [4.69, 9.17) is 14.4 Å². The van der Waals surface area contributed by atoms with Crippen LogP contribution in [0.2, 0.25) is 0 Å². The number of hydrogen-bond acceptors (Lipinski definition) is 6. The first kappa shape index (κ1) is 15.5. The van der Waals surface area contributed by atoms with Crippen LogP contribution < -0.4 is 4.74 Å². The van der Waals surface area contributed by atoms with Gasteiger partial charge in [0.2, 0.25) is 11.7 Å². The van der Waals surface area contributed by atoms with Gasteiger partial charge in [-0.05, 0) is 31.5 Å². The molecule has 2 aromatic rings. The molecule has 1 aliphatic rings. The molecule has 1 saturated heterocycles. The van der Waals surface area contributed by atoms with Gasteiger partial charge in [0.1, 0.15) is 5.75 Å². The number of rotatable bonds is 5. The van der Waals surface area contributed by atoms with E-state index in [2.05, 4.69) is 10.1 Å². The summed E-state index contributed by atoms with van der Waals surface area (Å²) in [6.07, 6.45) is 1.60. The Morgan fingerprint density at radius 1 is 1.52 bits per heavy atom. The summed E-state index contributed by atoms with van der Waals surface area (Å²) in [7, 11) is 1.61. The highest BCUT2D eigenvalue weighted by Crippen LogP contribution is 2.22. The van der Waals surface area contributed by atoms with Crippen molar-refractivity contribution in [2.75, 3.05) is 20.2 Å². The van der Waals surface area contributed by atoms with E-state index in [1.807, 2.05) is 29.2 Å². The molecule has 1 atom stereocenters. The number of nitrogens with zero attached hydrogens (tertiary/aromatic N) is 3. The van der Waals surface area contributed by atoms with E-state index in [0.29, 0.717) is 24.8 Å². The average molecular weight is 317 g/mol. The second-order valence-electron chi connectivity index (χ2n) is 5.66.